The zero-order valence-electron chi connectivity index (χ0n) is 62.1. The summed E-state index contributed by atoms with van der Waals surface area (Å²) in [6, 6.07) is 12.4. The third kappa shape index (κ3) is 18.0. The normalized spacial score (nSPS) is 29.1. The second-order valence-electron chi connectivity index (χ2n) is 31.6. The molecule has 100 heavy (non-hydrogen) atoms. The number of allylic oxidation sites excluding steroid dienone is 3. The van der Waals surface area contributed by atoms with Gasteiger partial charge in [-0.2, -0.15) is 0 Å². The number of esters is 1. The van der Waals surface area contributed by atoms with E-state index >= 15 is 9.59 Å². The van der Waals surface area contributed by atoms with Gasteiger partial charge in [-0.25, -0.2) is 14.4 Å². The van der Waals surface area contributed by atoms with Crippen LogP contribution in [0.5, 0.6) is 5.75 Å². The predicted molar refractivity (Wildman–Crippen MR) is 386 cm³/mol. The minimum absolute atomic E-state index is 0.00582. The molecule has 14 atom stereocenters. The van der Waals surface area contributed by atoms with Gasteiger partial charge < -0.3 is 67.2 Å². The summed E-state index contributed by atoms with van der Waals surface area (Å²) in [5.74, 6) is -9.86. The van der Waals surface area contributed by atoms with Crippen LogP contribution in [0.1, 0.15) is 163 Å². The van der Waals surface area contributed by atoms with Gasteiger partial charge in [0.05, 0.1) is 54.8 Å². The summed E-state index contributed by atoms with van der Waals surface area (Å²) in [7, 11) is -0.281. The van der Waals surface area contributed by atoms with Gasteiger partial charge in [0, 0.05) is 74.6 Å². The number of hydrogen-bond donors (Lipinski definition) is 4. The molecule has 1 saturated carbocycles. The van der Waals surface area contributed by atoms with Crippen molar-refractivity contribution in [1.82, 2.24) is 10.2 Å². The van der Waals surface area contributed by atoms with Crippen molar-refractivity contribution in [2.75, 3.05) is 34.5 Å². The second-order valence-corrected chi connectivity index (χ2v) is 41.2. The number of aromatic hydroxyl groups is 1. The summed E-state index contributed by atoms with van der Waals surface area (Å²) in [5, 5.41) is 37.0. The molecule has 2 aromatic carbocycles. The Balaban J connectivity index is 1.17. The number of amides is 2. The maximum absolute atomic E-state index is 15.8. The van der Waals surface area contributed by atoms with Gasteiger partial charge in [0.25, 0.3) is 11.7 Å². The molecular weight excluding hydrogens is 1310 g/mol. The van der Waals surface area contributed by atoms with Gasteiger partial charge in [-0.3, -0.25) is 19.2 Å². The Morgan fingerprint density at radius 2 is 1.43 bits per heavy atom. The van der Waals surface area contributed by atoms with E-state index in [4.69, 9.17) is 41.7 Å². The van der Waals surface area contributed by atoms with Crippen LogP contribution in [0.2, 0.25) is 36.3 Å². The van der Waals surface area contributed by atoms with Gasteiger partial charge in [-0.15, -0.1) is 0 Å². The maximum Gasteiger partial charge on any atom is 0.407 e. The number of ketones is 2. The fourth-order valence-electron chi connectivity index (χ4n) is 14.5. The second kappa shape index (κ2) is 32.5. The van der Waals surface area contributed by atoms with Crippen molar-refractivity contribution in [3.63, 3.8) is 0 Å². The Morgan fingerprint density at radius 1 is 0.780 bits per heavy atom. The lowest BCUT2D eigenvalue weighted by molar-refractivity contribution is -0.302. The number of Topliss-reactive ketones (excluding diaryl/α,β-unsaturated/α-hetero) is 2. The third-order valence-corrected chi connectivity index (χ3v) is 31.3. The van der Waals surface area contributed by atoms with E-state index < -0.39 is 106 Å². The van der Waals surface area contributed by atoms with Gasteiger partial charge >= 0.3 is 18.0 Å². The summed E-state index contributed by atoms with van der Waals surface area (Å²) in [6.07, 6.45) is 2.53. The molecule has 21 nitrogen and oxygen atoms in total. The molecule has 0 radical (unpaired) electrons. The summed E-state index contributed by atoms with van der Waals surface area (Å²) in [5.41, 5.74) is 2.59. The largest absolute Gasteiger partial charge is 0.507 e. The number of piperidine rings is 1. The highest BCUT2D eigenvalue weighted by Gasteiger charge is 2.57. The molecule has 2 aromatic rings. The molecule has 2 amide bonds. The lowest BCUT2D eigenvalue weighted by atomic mass is 9.81. The van der Waals surface area contributed by atoms with E-state index in [0.29, 0.717) is 59.8 Å². The van der Waals surface area contributed by atoms with Crippen LogP contribution in [0.25, 0.3) is 33.4 Å². The van der Waals surface area contributed by atoms with Gasteiger partial charge in [-0.1, -0.05) is 98.2 Å². The van der Waals surface area contributed by atoms with E-state index in [-0.39, 0.29) is 119 Å². The number of aliphatic hydroxyl groups is 1. The number of carboxylic acid groups (broad SMARTS) is 1. The number of alkyl carbamates (subject to hydrolysis) is 1. The summed E-state index contributed by atoms with van der Waals surface area (Å²) in [6.45, 7) is 30.5. The quantitative estimate of drug-likeness (QED) is 0.0267. The SMILES string of the molecule is CO[C@H]1C[C@@H](C)C/C(C)=C/[C@@H](CCOC(=O)NCc2c(O)ccc3c(-c4ccccc4C(=O)O)c4ccc(=O)cc-4oc23)C(=O)C[C@H](O[Si](C)(C)C(C)(C)C)[C@@H](C)[C@@H](/C(C)=C/[C@@H]2CC[C@@H](O[Si](C)(C)C(C)(C)C)[C@H](OC)C2)OC(=O)C2CCCCN2C(=O)C(=O)[C@]2(O)O[C@H]1[C@@H](OC)C[C@H]2C. The molecule has 550 valence electrons. The van der Waals surface area contributed by atoms with Crippen LogP contribution in [0, 0.1) is 29.6 Å². The van der Waals surface area contributed by atoms with Crippen molar-refractivity contribution in [2.24, 2.45) is 29.6 Å². The number of ether oxygens (including phenoxy) is 6. The first-order valence-corrected chi connectivity index (χ1v) is 41.4. The number of hydrogen-bond acceptors (Lipinski definition) is 18. The zero-order chi connectivity index (χ0) is 73.7. The van der Waals surface area contributed by atoms with Crippen molar-refractivity contribution < 1.29 is 85.8 Å². The lowest BCUT2D eigenvalue weighted by Crippen LogP contribution is -2.64. The van der Waals surface area contributed by atoms with Gasteiger partial charge in [-0.05, 0) is 168 Å². The van der Waals surface area contributed by atoms with Crippen LogP contribution in [-0.2, 0) is 63.0 Å². The maximum atomic E-state index is 15.8. The number of carboxylic acids is 1. The van der Waals surface area contributed by atoms with E-state index in [2.05, 4.69) is 79.1 Å². The van der Waals surface area contributed by atoms with Crippen LogP contribution in [0.3, 0.4) is 0 Å². The number of phenolic OH excluding ortho intramolecular Hbond substituents is 1. The van der Waals surface area contributed by atoms with Gasteiger partial charge in [0.2, 0.25) is 5.79 Å². The smallest absolute Gasteiger partial charge is 0.407 e. The Hall–Kier alpha value is -6.42. The van der Waals surface area contributed by atoms with Crippen LogP contribution < -0.4 is 10.7 Å². The molecular formula is C77H110N2O19Si2. The summed E-state index contributed by atoms with van der Waals surface area (Å²) < 4.78 is 58.2. The number of aromatic carboxylic acids is 1. The number of phenols is 1. The number of fused-ring (bicyclic) bond motifs is 5. The minimum Gasteiger partial charge on any atom is -0.507 e. The number of nitrogens with zero attached hydrogens (tertiary/aromatic N) is 1. The molecule has 2 aliphatic carbocycles. The van der Waals surface area contributed by atoms with E-state index in [1.807, 2.05) is 33.8 Å². The van der Waals surface area contributed by atoms with Crippen LogP contribution in [0.15, 0.2) is 87.1 Å². The van der Waals surface area contributed by atoms with E-state index in [0.717, 1.165) is 18.4 Å². The topological polar surface area (TPSA) is 282 Å². The molecule has 3 fully saturated rings. The molecule has 1 unspecified atom stereocenters. The number of carbonyl (C=O) groups excluding carboxylic acids is 5. The first-order valence-electron chi connectivity index (χ1n) is 35.6. The van der Waals surface area contributed by atoms with Crippen LogP contribution in [-0.4, -0.2) is 161 Å². The molecule has 6 aliphatic rings. The highest BCUT2D eigenvalue weighted by atomic mass is 28.4. The Morgan fingerprint density at radius 3 is 2.08 bits per heavy atom. The monoisotopic (exact) mass is 1420 g/mol. The van der Waals surface area contributed by atoms with Crippen LogP contribution >= 0.6 is 0 Å². The van der Waals surface area contributed by atoms with E-state index in [1.54, 1.807) is 44.4 Å². The molecule has 4 aliphatic heterocycles. The Bertz CT molecular complexity index is 3700. The van der Waals surface area contributed by atoms with Crippen molar-refractivity contribution in [1.29, 1.82) is 0 Å². The molecule has 23 heteroatoms. The molecule has 4 heterocycles. The highest BCUT2D eigenvalue weighted by molar-refractivity contribution is 6.74. The van der Waals surface area contributed by atoms with Crippen LogP contribution in [0.4, 0.5) is 4.79 Å². The first kappa shape index (κ1) is 79.3. The number of benzene rings is 3. The van der Waals surface area contributed by atoms with Crippen molar-refractivity contribution in [3.8, 4) is 28.2 Å². The average Bonchev–Trinajstić information content (AvgIpc) is 0.745. The van der Waals surface area contributed by atoms with Crippen molar-refractivity contribution >= 4 is 63.1 Å². The van der Waals surface area contributed by atoms with Gasteiger partial charge in [0.1, 0.15) is 41.1 Å². The number of rotatable bonds is 16. The fourth-order valence-corrected chi connectivity index (χ4v) is 17.3. The van der Waals surface area contributed by atoms with Crippen molar-refractivity contribution in [2.45, 2.75) is 244 Å². The molecule has 4 N–H and O–H groups in total. The lowest BCUT2D eigenvalue weighted by Gasteiger charge is -2.47. The Kier molecular flexibility index (Phi) is 25.8. The fraction of sp³-hybridized carbons (Fsp3) is 0.623. The molecule has 2 saturated heterocycles. The first-order chi connectivity index (χ1) is 46.8. The molecule has 2 bridgehead atoms. The summed E-state index contributed by atoms with van der Waals surface area (Å²) in [4.78, 5) is 102. The number of methoxy groups -OCH3 is 3. The number of nitrogens with one attached hydrogen (secondary N) is 1. The minimum atomic E-state index is -2.81. The average molecular weight is 1420 g/mol. The highest BCUT2D eigenvalue weighted by Crippen LogP contribution is 2.47. The number of carbonyl (C=O) groups is 6. The molecule has 8 rings (SSSR count). The Labute approximate surface area is 592 Å². The zero-order valence-corrected chi connectivity index (χ0v) is 64.1. The van der Waals surface area contributed by atoms with E-state index in [9.17, 15) is 39.3 Å². The third-order valence-electron chi connectivity index (χ3n) is 22.3. The molecule has 0 spiro atoms. The van der Waals surface area contributed by atoms with E-state index in [1.165, 1.54) is 43.4 Å². The summed E-state index contributed by atoms with van der Waals surface area (Å²) >= 11 is 0. The predicted octanol–water partition coefficient (Wildman–Crippen LogP) is 13.7. The van der Waals surface area contributed by atoms with Gasteiger partial charge in [0.15, 0.2) is 22.1 Å². The standard InChI is InChI=1S/C77H110N2O19Si2/c1-44-35-45(2)37-64(91-13)69-65(92-14)39-47(4)77(89,96-69)70(83)71(84)79-33-22-21-25-57(79)73(87)95-67(46(3)38-49-26-31-60(63(40-49)90-12)97-99(15,16)75(6,7)8)48(5)61(98-100(17,18)76(9,10)11)42-59(82)50(36-44)32-34-93-74(88)78-43-56-58(81)30-29-55-66(52-23-19-20-24-53(52)72(85)86)54-28-27-51(80)41-62(54)94-68(55)56/h19-20,23-24,27-30,36,38,41,45,47-50,57,60-61,63-65,67,69,81,89H,21-22,25-26,31-35,37,39-40,42-43H2,1-18H3,(H,78,88)(H,85,86)/b44-36+,46-38+/t45-,47+,48+,49-,50+,57?,60+,61-,63+,64-,65-,67+,69+,77+/m0/s1. The molecule has 0 aromatic heterocycles. The number of cyclic esters (lactones) is 1. The van der Waals surface area contributed by atoms with Crippen molar-refractivity contribution in [3.05, 3.63) is 99.2 Å².